The van der Waals surface area contributed by atoms with E-state index in [1.54, 1.807) is 60.7 Å². The molecule has 5 rings (SSSR count). The summed E-state index contributed by atoms with van der Waals surface area (Å²) in [6.45, 7) is 8.13. The molecule has 0 fully saturated rings. The quantitative estimate of drug-likeness (QED) is 0.108. The molecule has 0 atom stereocenters. The van der Waals surface area contributed by atoms with E-state index in [0.29, 0.717) is 16.7 Å². The van der Waals surface area contributed by atoms with Gasteiger partial charge in [-0.25, -0.2) is 14.0 Å². The lowest BCUT2D eigenvalue weighted by atomic mass is 9.61. The second-order valence-electron chi connectivity index (χ2n) is 11.7. The molecule has 1 aliphatic rings. The molecule has 0 spiro atoms. The summed E-state index contributed by atoms with van der Waals surface area (Å²) in [7, 11) is 0. The van der Waals surface area contributed by atoms with E-state index in [1.165, 1.54) is 18.2 Å². The van der Waals surface area contributed by atoms with Gasteiger partial charge < -0.3 is 4.74 Å². The van der Waals surface area contributed by atoms with Crippen LogP contribution in [0.25, 0.3) is 22.3 Å². The molecular formula is C34H30FNO5. The van der Waals surface area contributed by atoms with Crippen molar-refractivity contribution in [3.8, 4) is 22.3 Å². The highest BCUT2D eigenvalue weighted by Gasteiger charge is 2.44. The summed E-state index contributed by atoms with van der Waals surface area (Å²) in [5.41, 5.74) is 2.32. The maximum Gasteiger partial charge on any atom is 0.346 e. The molecule has 0 saturated carbocycles. The minimum Gasteiger partial charge on any atom is -0.386 e. The molecule has 0 radical (unpaired) electrons. The Labute approximate surface area is 238 Å². The van der Waals surface area contributed by atoms with Crippen molar-refractivity contribution >= 4 is 17.6 Å². The standard InChI is InChI=1S/C34H30FNO5/c1-33(2)18-19-34(3,4)29-26(33)20-25(28(30(29)36(39)40)24-12-8-9-13-27(24)35)21-14-16-23(17-15-21)32(38)41-31(37)22-10-6-5-7-11-22/h5-17,20H,18-19H2,1-4H3. The summed E-state index contributed by atoms with van der Waals surface area (Å²) in [5, 5.41) is 12.8. The third kappa shape index (κ3) is 5.15. The lowest BCUT2D eigenvalue weighted by Crippen LogP contribution is -2.35. The molecular weight excluding hydrogens is 521 g/mol. The number of nitro benzene ring substituents is 1. The van der Waals surface area contributed by atoms with Gasteiger partial charge in [-0.15, -0.1) is 0 Å². The normalized spacial score (nSPS) is 15.0. The van der Waals surface area contributed by atoms with Crippen molar-refractivity contribution in [2.24, 2.45) is 0 Å². The molecule has 0 N–H and O–H groups in total. The smallest absolute Gasteiger partial charge is 0.346 e. The zero-order valence-electron chi connectivity index (χ0n) is 23.4. The first-order chi connectivity index (χ1) is 19.4. The number of carbonyl (C=O) groups is 2. The van der Waals surface area contributed by atoms with Crippen molar-refractivity contribution < 1.29 is 23.6 Å². The summed E-state index contributed by atoms with van der Waals surface area (Å²) in [4.78, 5) is 37.5. The molecule has 4 aromatic carbocycles. The van der Waals surface area contributed by atoms with Gasteiger partial charge in [-0.3, -0.25) is 10.1 Å². The van der Waals surface area contributed by atoms with E-state index in [0.717, 1.165) is 18.4 Å². The SMILES string of the molecule is CC1(C)CCC(C)(C)c2c1cc(-c1ccc(C(=O)OC(=O)c3ccccc3)cc1)c(-c1ccccc1F)c2[N+](=O)[O-]. The van der Waals surface area contributed by atoms with Crippen molar-refractivity contribution in [1.82, 2.24) is 0 Å². The number of esters is 2. The first-order valence-corrected chi connectivity index (χ1v) is 13.4. The Balaban J connectivity index is 1.67. The van der Waals surface area contributed by atoms with Gasteiger partial charge in [0.25, 0.3) is 5.69 Å². The molecule has 0 heterocycles. The Kier molecular flexibility index (Phi) is 7.07. The Morgan fingerprint density at radius 1 is 0.780 bits per heavy atom. The van der Waals surface area contributed by atoms with Gasteiger partial charge in [0, 0.05) is 11.1 Å². The number of hydrogen-bond donors (Lipinski definition) is 0. The summed E-state index contributed by atoms with van der Waals surface area (Å²) in [5.74, 6) is -2.15. The summed E-state index contributed by atoms with van der Waals surface area (Å²) in [6.07, 6.45) is 1.59. The fourth-order valence-electron chi connectivity index (χ4n) is 5.68. The van der Waals surface area contributed by atoms with Crippen LogP contribution in [0.4, 0.5) is 10.1 Å². The van der Waals surface area contributed by atoms with Gasteiger partial charge in [-0.1, -0.05) is 76.2 Å². The maximum absolute atomic E-state index is 15.3. The third-order valence-electron chi connectivity index (χ3n) is 8.03. The van der Waals surface area contributed by atoms with Gasteiger partial charge in [0.1, 0.15) is 5.82 Å². The van der Waals surface area contributed by atoms with Crippen LogP contribution < -0.4 is 0 Å². The fourth-order valence-corrected chi connectivity index (χ4v) is 5.68. The number of halogens is 1. The van der Waals surface area contributed by atoms with Gasteiger partial charge >= 0.3 is 11.9 Å². The number of fused-ring (bicyclic) bond motifs is 1. The number of rotatable bonds is 5. The van der Waals surface area contributed by atoms with Gasteiger partial charge in [0.15, 0.2) is 0 Å². The molecule has 0 aliphatic heterocycles. The molecule has 0 unspecified atom stereocenters. The van der Waals surface area contributed by atoms with E-state index in [-0.39, 0.29) is 33.4 Å². The van der Waals surface area contributed by atoms with Crippen LogP contribution in [-0.2, 0) is 15.6 Å². The van der Waals surface area contributed by atoms with Gasteiger partial charge in [-0.2, -0.15) is 0 Å². The van der Waals surface area contributed by atoms with Crippen LogP contribution in [0.2, 0.25) is 0 Å². The Morgan fingerprint density at radius 3 is 1.95 bits per heavy atom. The highest BCUT2D eigenvalue weighted by molar-refractivity contribution is 6.03. The van der Waals surface area contributed by atoms with Gasteiger partial charge in [-0.05, 0) is 76.8 Å². The average molecular weight is 552 g/mol. The van der Waals surface area contributed by atoms with E-state index >= 15 is 4.39 Å². The first kappa shape index (κ1) is 27.9. The molecule has 6 nitrogen and oxygen atoms in total. The van der Waals surface area contributed by atoms with Crippen LogP contribution >= 0.6 is 0 Å². The van der Waals surface area contributed by atoms with Crippen molar-refractivity contribution in [2.75, 3.05) is 0 Å². The van der Waals surface area contributed by atoms with E-state index < -0.39 is 28.1 Å². The highest BCUT2D eigenvalue weighted by Crippen LogP contribution is 2.54. The monoisotopic (exact) mass is 551 g/mol. The topological polar surface area (TPSA) is 86.5 Å². The second-order valence-corrected chi connectivity index (χ2v) is 11.7. The van der Waals surface area contributed by atoms with Crippen LogP contribution in [0.5, 0.6) is 0 Å². The molecule has 1 aliphatic carbocycles. The first-order valence-electron chi connectivity index (χ1n) is 13.4. The van der Waals surface area contributed by atoms with E-state index in [9.17, 15) is 19.7 Å². The number of benzene rings is 4. The summed E-state index contributed by atoms with van der Waals surface area (Å²) in [6, 6.07) is 22.5. The Morgan fingerprint density at radius 2 is 1.34 bits per heavy atom. The van der Waals surface area contributed by atoms with Crippen LogP contribution in [0.3, 0.4) is 0 Å². The zero-order valence-corrected chi connectivity index (χ0v) is 23.4. The van der Waals surface area contributed by atoms with Crippen molar-refractivity contribution in [3.63, 3.8) is 0 Å². The predicted octanol–water partition coefficient (Wildman–Crippen LogP) is 8.41. The van der Waals surface area contributed by atoms with E-state index in [1.807, 2.05) is 19.9 Å². The minimum absolute atomic E-state index is 0.0997. The van der Waals surface area contributed by atoms with Crippen molar-refractivity contribution in [3.05, 3.63) is 123 Å². The number of ether oxygens (including phenoxy) is 1. The molecule has 0 saturated heterocycles. The van der Waals surface area contributed by atoms with Gasteiger partial charge in [0.2, 0.25) is 0 Å². The van der Waals surface area contributed by atoms with Crippen LogP contribution in [0, 0.1) is 15.9 Å². The second kappa shape index (κ2) is 10.4. The number of nitrogens with zero attached hydrogens (tertiary/aromatic N) is 1. The fraction of sp³-hybridized carbons (Fsp3) is 0.235. The lowest BCUT2D eigenvalue weighted by Gasteiger charge is -2.42. The molecule has 41 heavy (non-hydrogen) atoms. The van der Waals surface area contributed by atoms with E-state index in [4.69, 9.17) is 4.74 Å². The molecule has 0 aromatic heterocycles. The molecule has 0 amide bonds. The molecule has 4 aromatic rings. The highest BCUT2D eigenvalue weighted by atomic mass is 19.1. The third-order valence-corrected chi connectivity index (χ3v) is 8.03. The Bertz CT molecular complexity index is 1670. The summed E-state index contributed by atoms with van der Waals surface area (Å²) >= 11 is 0. The zero-order chi connectivity index (χ0) is 29.5. The minimum atomic E-state index is -0.820. The molecule has 208 valence electrons. The van der Waals surface area contributed by atoms with Crippen molar-refractivity contribution in [1.29, 1.82) is 0 Å². The number of carbonyl (C=O) groups excluding carboxylic acids is 2. The molecule has 0 bridgehead atoms. The predicted molar refractivity (Wildman–Crippen MR) is 155 cm³/mol. The average Bonchev–Trinajstić information content (AvgIpc) is 2.95. The van der Waals surface area contributed by atoms with Crippen LogP contribution in [-0.4, -0.2) is 16.9 Å². The largest absolute Gasteiger partial charge is 0.386 e. The number of nitro groups is 1. The van der Waals surface area contributed by atoms with Crippen LogP contribution in [0.1, 0.15) is 72.4 Å². The Hall–Kier alpha value is -4.65. The number of hydrogen-bond acceptors (Lipinski definition) is 5. The lowest BCUT2D eigenvalue weighted by molar-refractivity contribution is -0.385. The van der Waals surface area contributed by atoms with Crippen molar-refractivity contribution in [2.45, 2.75) is 51.4 Å². The molecule has 7 heteroatoms. The summed E-state index contributed by atoms with van der Waals surface area (Å²) < 4.78 is 20.3. The van der Waals surface area contributed by atoms with E-state index in [2.05, 4.69) is 13.8 Å². The van der Waals surface area contributed by atoms with Gasteiger partial charge in [0.05, 0.1) is 21.6 Å². The van der Waals surface area contributed by atoms with Crippen LogP contribution in [0.15, 0.2) is 84.9 Å². The maximum atomic E-state index is 15.3.